The first kappa shape index (κ1) is 13.8. The summed E-state index contributed by atoms with van der Waals surface area (Å²) in [4.78, 5) is 5.21. The van der Waals surface area contributed by atoms with Crippen LogP contribution in [0.3, 0.4) is 0 Å². The van der Waals surface area contributed by atoms with E-state index in [1.165, 1.54) is 24.1 Å². The van der Waals surface area contributed by atoms with Gasteiger partial charge in [-0.15, -0.1) is 0 Å². The molecule has 1 saturated heterocycles. The summed E-state index contributed by atoms with van der Waals surface area (Å²) in [6.07, 6.45) is 5.78. The molecule has 3 rings (SSSR count). The summed E-state index contributed by atoms with van der Waals surface area (Å²) < 4.78 is 5.60. The molecule has 1 aromatic rings. The molecule has 0 amide bonds. The van der Waals surface area contributed by atoms with Gasteiger partial charge < -0.3 is 15.8 Å². The fourth-order valence-corrected chi connectivity index (χ4v) is 3.18. The lowest BCUT2D eigenvalue weighted by Gasteiger charge is -2.22. The van der Waals surface area contributed by atoms with Crippen LogP contribution >= 0.6 is 12.2 Å². The number of aromatic nitrogens is 1. The molecule has 4 nitrogen and oxygen atoms in total. The van der Waals surface area contributed by atoms with Gasteiger partial charge in [-0.2, -0.15) is 0 Å². The minimum Gasteiger partial charge on any atom is -0.389 e. The van der Waals surface area contributed by atoms with Gasteiger partial charge in [0.25, 0.3) is 0 Å². The SMILES string of the molecule is CC1OCCC1Nc1nc2c(cc1C(N)=S)CCCC2. The zero-order chi connectivity index (χ0) is 14.1. The fraction of sp³-hybridized carbons (Fsp3) is 0.600. The molecule has 2 unspecified atom stereocenters. The van der Waals surface area contributed by atoms with Crippen LogP contribution < -0.4 is 11.1 Å². The van der Waals surface area contributed by atoms with Crippen LogP contribution in [0.15, 0.2) is 6.07 Å². The van der Waals surface area contributed by atoms with E-state index in [0.717, 1.165) is 37.3 Å². The second-order valence-corrected chi connectivity index (χ2v) is 6.12. The van der Waals surface area contributed by atoms with Crippen molar-refractivity contribution in [3.05, 3.63) is 22.9 Å². The quantitative estimate of drug-likeness (QED) is 0.836. The lowest BCUT2D eigenvalue weighted by molar-refractivity contribution is 0.121. The Morgan fingerprint density at radius 1 is 1.45 bits per heavy atom. The van der Waals surface area contributed by atoms with Crippen LogP contribution in [-0.4, -0.2) is 28.7 Å². The Kier molecular flexibility index (Phi) is 3.89. The number of rotatable bonds is 3. The fourth-order valence-electron chi connectivity index (χ4n) is 3.03. The van der Waals surface area contributed by atoms with Gasteiger partial charge in [-0.05, 0) is 50.7 Å². The van der Waals surface area contributed by atoms with Crippen molar-refractivity contribution < 1.29 is 4.74 Å². The molecule has 1 fully saturated rings. The van der Waals surface area contributed by atoms with Gasteiger partial charge in [0, 0.05) is 12.3 Å². The molecule has 0 spiro atoms. The van der Waals surface area contributed by atoms with Gasteiger partial charge in [0.2, 0.25) is 0 Å². The monoisotopic (exact) mass is 291 g/mol. The number of hydrogen-bond acceptors (Lipinski definition) is 4. The Labute approximate surface area is 125 Å². The average molecular weight is 291 g/mol. The summed E-state index contributed by atoms with van der Waals surface area (Å²) in [7, 11) is 0. The van der Waals surface area contributed by atoms with Crippen LogP contribution in [0.1, 0.15) is 43.0 Å². The standard InChI is InChI=1S/C15H21N3OS/c1-9-12(6-7-19-9)17-15-11(14(16)20)8-10-4-2-3-5-13(10)18-15/h8-9,12H,2-7H2,1H3,(H2,16,20)(H,17,18). The summed E-state index contributed by atoms with van der Waals surface area (Å²) in [6, 6.07) is 2.42. The minimum atomic E-state index is 0.201. The van der Waals surface area contributed by atoms with Crippen molar-refractivity contribution in [1.82, 2.24) is 4.98 Å². The van der Waals surface area contributed by atoms with E-state index in [1.807, 2.05) is 0 Å². The van der Waals surface area contributed by atoms with Crippen molar-refractivity contribution in [3.8, 4) is 0 Å². The third-order valence-electron chi connectivity index (χ3n) is 4.26. The van der Waals surface area contributed by atoms with Crippen molar-refractivity contribution in [2.45, 2.75) is 51.2 Å². The summed E-state index contributed by atoms with van der Waals surface area (Å²) in [5.74, 6) is 0.834. The van der Waals surface area contributed by atoms with Gasteiger partial charge in [-0.3, -0.25) is 0 Å². The normalized spacial score (nSPS) is 25.2. The van der Waals surface area contributed by atoms with Gasteiger partial charge in [-0.1, -0.05) is 12.2 Å². The van der Waals surface area contributed by atoms with E-state index < -0.39 is 0 Å². The summed E-state index contributed by atoms with van der Waals surface area (Å²) in [6.45, 7) is 2.88. The number of nitrogens with two attached hydrogens (primary N) is 1. The summed E-state index contributed by atoms with van der Waals surface area (Å²) >= 11 is 5.19. The van der Waals surface area contributed by atoms with Crippen LogP contribution in [0.4, 0.5) is 5.82 Å². The average Bonchev–Trinajstić information content (AvgIpc) is 2.83. The van der Waals surface area contributed by atoms with Crippen LogP contribution in [0.2, 0.25) is 0 Å². The van der Waals surface area contributed by atoms with Crippen molar-refractivity contribution >= 4 is 23.0 Å². The number of aryl methyl sites for hydroxylation is 2. The summed E-state index contributed by atoms with van der Waals surface area (Å²) in [5.41, 5.74) is 9.26. The maximum atomic E-state index is 5.88. The third-order valence-corrected chi connectivity index (χ3v) is 4.48. The first-order valence-corrected chi connectivity index (χ1v) is 7.76. The van der Waals surface area contributed by atoms with Crippen LogP contribution in [0, 0.1) is 0 Å². The molecule has 0 aromatic carbocycles. The number of anilines is 1. The Bertz CT molecular complexity index is 532. The number of fused-ring (bicyclic) bond motifs is 1. The Hall–Kier alpha value is -1.20. The highest BCUT2D eigenvalue weighted by Gasteiger charge is 2.26. The smallest absolute Gasteiger partial charge is 0.136 e. The predicted octanol–water partition coefficient (Wildman–Crippen LogP) is 2.18. The first-order chi connectivity index (χ1) is 9.65. The Morgan fingerprint density at radius 2 is 2.25 bits per heavy atom. The molecule has 5 heteroatoms. The number of pyridine rings is 1. The molecule has 1 aromatic heterocycles. The molecule has 1 aliphatic heterocycles. The van der Waals surface area contributed by atoms with E-state index in [9.17, 15) is 0 Å². The molecule has 20 heavy (non-hydrogen) atoms. The second kappa shape index (κ2) is 5.66. The topological polar surface area (TPSA) is 60.2 Å². The van der Waals surface area contributed by atoms with Gasteiger partial charge >= 0.3 is 0 Å². The highest BCUT2D eigenvalue weighted by atomic mass is 32.1. The molecular weight excluding hydrogens is 270 g/mol. The van der Waals surface area contributed by atoms with E-state index in [2.05, 4.69) is 18.3 Å². The zero-order valence-electron chi connectivity index (χ0n) is 11.8. The van der Waals surface area contributed by atoms with Crippen LogP contribution in [0.25, 0.3) is 0 Å². The largest absolute Gasteiger partial charge is 0.389 e. The Morgan fingerprint density at radius 3 is 2.95 bits per heavy atom. The summed E-state index contributed by atoms with van der Waals surface area (Å²) in [5, 5.41) is 3.49. The molecule has 2 aliphatic rings. The number of nitrogens with one attached hydrogen (secondary N) is 1. The molecule has 0 bridgehead atoms. The lowest BCUT2D eigenvalue weighted by atomic mass is 9.94. The number of ether oxygens (including phenoxy) is 1. The van der Waals surface area contributed by atoms with Crippen LogP contribution in [0.5, 0.6) is 0 Å². The molecule has 1 aliphatic carbocycles. The molecule has 0 radical (unpaired) electrons. The minimum absolute atomic E-state index is 0.201. The lowest BCUT2D eigenvalue weighted by Crippen LogP contribution is -2.29. The molecule has 108 valence electrons. The number of nitrogens with zero attached hydrogens (tertiary/aromatic N) is 1. The molecule has 0 saturated carbocycles. The van der Waals surface area contributed by atoms with Gasteiger partial charge in [0.15, 0.2) is 0 Å². The molecule has 2 atom stereocenters. The maximum absolute atomic E-state index is 5.88. The molecule has 3 N–H and O–H groups in total. The molecular formula is C15H21N3OS. The van der Waals surface area contributed by atoms with E-state index >= 15 is 0 Å². The Balaban J connectivity index is 1.93. The van der Waals surface area contributed by atoms with Gasteiger partial charge in [0.05, 0.1) is 17.7 Å². The van der Waals surface area contributed by atoms with E-state index in [-0.39, 0.29) is 12.1 Å². The van der Waals surface area contributed by atoms with Crippen molar-refractivity contribution in [2.75, 3.05) is 11.9 Å². The van der Waals surface area contributed by atoms with Crippen molar-refractivity contribution in [1.29, 1.82) is 0 Å². The number of thiocarbonyl (C=S) groups is 1. The van der Waals surface area contributed by atoms with Crippen molar-refractivity contribution in [2.24, 2.45) is 5.73 Å². The highest BCUT2D eigenvalue weighted by Crippen LogP contribution is 2.26. The third kappa shape index (κ3) is 2.65. The first-order valence-electron chi connectivity index (χ1n) is 7.36. The zero-order valence-corrected chi connectivity index (χ0v) is 12.6. The van der Waals surface area contributed by atoms with Crippen LogP contribution in [-0.2, 0) is 17.6 Å². The highest BCUT2D eigenvalue weighted by molar-refractivity contribution is 7.80. The second-order valence-electron chi connectivity index (χ2n) is 5.68. The maximum Gasteiger partial charge on any atom is 0.136 e. The number of hydrogen-bond donors (Lipinski definition) is 2. The van der Waals surface area contributed by atoms with Crippen molar-refractivity contribution in [3.63, 3.8) is 0 Å². The van der Waals surface area contributed by atoms with E-state index in [1.54, 1.807) is 0 Å². The van der Waals surface area contributed by atoms with Gasteiger partial charge in [-0.25, -0.2) is 4.98 Å². The van der Waals surface area contributed by atoms with Gasteiger partial charge in [0.1, 0.15) is 10.8 Å². The predicted molar refractivity (Wildman–Crippen MR) is 84.2 cm³/mol. The molecule has 2 heterocycles. The van der Waals surface area contributed by atoms with E-state index in [4.69, 9.17) is 27.7 Å². The van der Waals surface area contributed by atoms with E-state index in [0.29, 0.717) is 4.99 Å².